The summed E-state index contributed by atoms with van der Waals surface area (Å²) in [6.07, 6.45) is 2.43. The first kappa shape index (κ1) is 26.1. The van der Waals surface area contributed by atoms with Gasteiger partial charge in [-0.15, -0.1) is 0 Å². The molecule has 0 atom stereocenters. The smallest absolute Gasteiger partial charge is 0.277 e. The number of hydrazone groups is 2. The highest BCUT2D eigenvalue weighted by molar-refractivity contribution is 6.36. The molecule has 2 amide bonds. The Hall–Kier alpha value is -2.52. The first-order chi connectivity index (χ1) is 16.3. The molecule has 180 valence electrons. The van der Waals surface area contributed by atoms with Gasteiger partial charge in [-0.25, -0.2) is 10.9 Å². The summed E-state index contributed by atoms with van der Waals surface area (Å²) in [6, 6.07) is 9.47. The number of carbonyl (C=O) groups is 2. The Morgan fingerprint density at radius 2 is 1.09 bits per heavy atom. The first-order valence-corrected chi connectivity index (χ1v) is 11.7. The van der Waals surface area contributed by atoms with Gasteiger partial charge in [0.05, 0.1) is 10.0 Å². The number of halogens is 4. The van der Waals surface area contributed by atoms with Gasteiger partial charge in [-0.1, -0.05) is 46.4 Å². The van der Waals surface area contributed by atoms with Gasteiger partial charge in [0.25, 0.3) is 11.8 Å². The Labute approximate surface area is 216 Å². The van der Waals surface area contributed by atoms with Gasteiger partial charge in [0.2, 0.25) is 0 Å². The third-order valence-electron chi connectivity index (χ3n) is 4.59. The Kier molecular flexibility index (Phi) is 9.83. The standard InChI is InChI=1S/C22H20Cl4N4O4/c23-13-1-7-19(17(25)9-13)33-11-21(31)29-27-15-3-5-16(6-4-15)28-30-22(32)12-34-20-8-2-14(24)10-18(20)26/h1-2,7-10H,3-6,11-12H2,(H,29,31)(H,30,32). The molecular formula is C22H20Cl4N4O4. The lowest BCUT2D eigenvalue weighted by atomic mass is 9.97. The second kappa shape index (κ2) is 12.8. The molecule has 0 heterocycles. The van der Waals surface area contributed by atoms with Gasteiger partial charge in [-0.2, -0.15) is 10.2 Å². The van der Waals surface area contributed by atoms with E-state index in [9.17, 15) is 9.59 Å². The van der Waals surface area contributed by atoms with E-state index in [0.717, 1.165) is 11.4 Å². The maximum atomic E-state index is 12.0. The van der Waals surface area contributed by atoms with Gasteiger partial charge in [0.1, 0.15) is 11.5 Å². The van der Waals surface area contributed by atoms with Crippen molar-refractivity contribution in [3.63, 3.8) is 0 Å². The van der Waals surface area contributed by atoms with Crippen molar-refractivity contribution in [3.8, 4) is 11.5 Å². The quantitative estimate of drug-likeness (QED) is 0.441. The molecule has 1 aliphatic rings. The normalized spacial score (nSPS) is 13.2. The third kappa shape index (κ3) is 8.36. The van der Waals surface area contributed by atoms with E-state index in [1.165, 1.54) is 12.1 Å². The maximum Gasteiger partial charge on any atom is 0.277 e. The minimum atomic E-state index is -0.411. The monoisotopic (exact) mass is 544 g/mol. The van der Waals surface area contributed by atoms with Crippen molar-refractivity contribution in [2.24, 2.45) is 10.2 Å². The molecule has 2 aromatic rings. The molecule has 0 aromatic heterocycles. The van der Waals surface area contributed by atoms with Crippen LogP contribution in [-0.2, 0) is 9.59 Å². The average molecular weight is 546 g/mol. The van der Waals surface area contributed by atoms with Crippen LogP contribution in [0, 0.1) is 0 Å². The number of nitrogens with zero attached hydrogens (tertiary/aromatic N) is 2. The molecule has 1 aliphatic carbocycles. The molecule has 1 saturated carbocycles. The van der Waals surface area contributed by atoms with Crippen molar-refractivity contribution in [2.45, 2.75) is 25.7 Å². The van der Waals surface area contributed by atoms with Crippen molar-refractivity contribution in [2.75, 3.05) is 13.2 Å². The molecule has 0 radical (unpaired) electrons. The molecule has 8 nitrogen and oxygen atoms in total. The molecular weight excluding hydrogens is 526 g/mol. The van der Waals surface area contributed by atoms with E-state index in [1.807, 2.05) is 0 Å². The summed E-state index contributed by atoms with van der Waals surface area (Å²) in [4.78, 5) is 23.9. The molecule has 2 N–H and O–H groups in total. The van der Waals surface area contributed by atoms with Gasteiger partial charge < -0.3 is 9.47 Å². The van der Waals surface area contributed by atoms with E-state index < -0.39 is 11.8 Å². The summed E-state index contributed by atoms with van der Waals surface area (Å²) < 4.78 is 10.7. The predicted octanol–water partition coefficient (Wildman–Crippen LogP) is 5.28. The SMILES string of the molecule is O=C(COc1ccc(Cl)cc1Cl)NN=C1CCC(=NNC(=O)COc2ccc(Cl)cc2Cl)CC1. The summed E-state index contributed by atoms with van der Waals surface area (Å²) in [5.74, 6) is -0.107. The molecule has 1 fully saturated rings. The van der Waals surface area contributed by atoms with Crippen LogP contribution in [0.5, 0.6) is 11.5 Å². The van der Waals surface area contributed by atoms with Gasteiger partial charge >= 0.3 is 0 Å². The zero-order valence-electron chi connectivity index (χ0n) is 17.7. The molecule has 3 rings (SSSR count). The number of hydrogen-bond donors (Lipinski definition) is 2. The first-order valence-electron chi connectivity index (χ1n) is 10.1. The Morgan fingerprint density at radius 3 is 1.44 bits per heavy atom. The fraction of sp³-hybridized carbons (Fsp3) is 0.273. The fourth-order valence-electron chi connectivity index (χ4n) is 2.87. The van der Waals surface area contributed by atoms with Crippen molar-refractivity contribution in [1.82, 2.24) is 10.9 Å². The van der Waals surface area contributed by atoms with Crippen LogP contribution in [0.1, 0.15) is 25.7 Å². The number of benzene rings is 2. The second-order valence-electron chi connectivity index (χ2n) is 7.15. The molecule has 0 spiro atoms. The Morgan fingerprint density at radius 1 is 0.706 bits per heavy atom. The number of carbonyl (C=O) groups excluding carboxylic acids is 2. The van der Waals surface area contributed by atoms with Crippen molar-refractivity contribution >= 4 is 69.6 Å². The van der Waals surface area contributed by atoms with E-state index in [2.05, 4.69) is 21.1 Å². The molecule has 0 bridgehead atoms. The molecule has 2 aromatic carbocycles. The van der Waals surface area contributed by atoms with E-state index in [0.29, 0.717) is 57.3 Å². The molecule has 0 aliphatic heterocycles. The molecule has 0 saturated heterocycles. The van der Waals surface area contributed by atoms with Crippen LogP contribution >= 0.6 is 46.4 Å². The van der Waals surface area contributed by atoms with E-state index in [4.69, 9.17) is 55.9 Å². The highest BCUT2D eigenvalue weighted by Gasteiger charge is 2.15. The minimum Gasteiger partial charge on any atom is -0.482 e. The summed E-state index contributed by atoms with van der Waals surface area (Å²) >= 11 is 23.7. The van der Waals surface area contributed by atoms with Crippen molar-refractivity contribution in [3.05, 3.63) is 56.5 Å². The van der Waals surface area contributed by atoms with Crippen molar-refractivity contribution in [1.29, 1.82) is 0 Å². The summed E-state index contributed by atoms with van der Waals surface area (Å²) in [5.41, 5.74) is 6.58. The molecule has 0 unspecified atom stereocenters. The number of rotatable bonds is 8. The lowest BCUT2D eigenvalue weighted by molar-refractivity contribution is -0.123. The van der Waals surface area contributed by atoms with Crippen LogP contribution in [0.2, 0.25) is 20.1 Å². The highest BCUT2D eigenvalue weighted by atomic mass is 35.5. The van der Waals surface area contributed by atoms with Crippen LogP contribution < -0.4 is 20.3 Å². The lowest BCUT2D eigenvalue weighted by Crippen LogP contribution is -2.28. The summed E-state index contributed by atoms with van der Waals surface area (Å²) in [5, 5.41) is 9.86. The Balaban J connectivity index is 1.36. The molecule has 12 heteroatoms. The van der Waals surface area contributed by atoms with Crippen LogP contribution in [0.25, 0.3) is 0 Å². The molecule has 34 heavy (non-hydrogen) atoms. The number of ether oxygens (including phenoxy) is 2. The van der Waals surface area contributed by atoms with E-state index in [-0.39, 0.29) is 13.2 Å². The number of nitrogens with one attached hydrogen (secondary N) is 2. The van der Waals surface area contributed by atoms with E-state index >= 15 is 0 Å². The van der Waals surface area contributed by atoms with Gasteiger partial charge in [0.15, 0.2) is 13.2 Å². The average Bonchev–Trinajstić information content (AvgIpc) is 2.81. The van der Waals surface area contributed by atoms with Crippen LogP contribution in [0.15, 0.2) is 46.6 Å². The van der Waals surface area contributed by atoms with Crippen LogP contribution in [-0.4, -0.2) is 36.5 Å². The zero-order valence-corrected chi connectivity index (χ0v) is 20.8. The lowest BCUT2D eigenvalue weighted by Gasteiger charge is -2.15. The van der Waals surface area contributed by atoms with Gasteiger partial charge in [-0.05, 0) is 62.1 Å². The Bertz CT molecular complexity index is 1020. The van der Waals surface area contributed by atoms with Gasteiger partial charge in [0, 0.05) is 21.5 Å². The maximum absolute atomic E-state index is 12.0. The van der Waals surface area contributed by atoms with Crippen LogP contribution in [0.3, 0.4) is 0 Å². The third-order valence-corrected chi connectivity index (χ3v) is 5.65. The topological polar surface area (TPSA) is 101 Å². The fourth-order valence-corrected chi connectivity index (χ4v) is 3.80. The zero-order chi connectivity index (χ0) is 24.5. The number of amides is 2. The van der Waals surface area contributed by atoms with Crippen molar-refractivity contribution < 1.29 is 19.1 Å². The summed E-state index contributed by atoms with van der Waals surface area (Å²) in [7, 11) is 0. The van der Waals surface area contributed by atoms with Crippen LogP contribution in [0.4, 0.5) is 0 Å². The summed E-state index contributed by atoms with van der Waals surface area (Å²) in [6.45, 7) is -0.472. The largest absolute Gasteiger partial charge is 0.482 e. The minimum absolute atomic E-state index is 0.236. The number of hydrogen-bond acceptors (Lipinski definition) is 6. The predicted molar refractivity (Wildman–Crippen MR) is 134 cm³/mol. The van der Waals surface area contributed by atoms with E-state index in [1.54, 1.807) is 24.3 Å². The van der Waals surface area contributed by atoms with Gasteiger partial charge in [-0.3, -0.25) is 9.59 Å². The highest BCUT2D eigenvalue weighted by Crippen LogP contribution is 2.28. The second-order valence-corrected chi connectivity index (χ2v) is 8.84.